The van der Waals surface area contributed by atoms with Crippen LogP contribution in [0.15, 0.2) is 188 Å². The Kier molecular flexibility index (Phi) is 6.55. The van der Waals surface area contributed by atoms with Gasteiger partial charge in [0.2, 0.25) is 0 Å². The van der Waals surface area contributed by atoms with Crippen LogP contribution in [0.1, 0.15) is 47.2 Å². The molecule has 0 N–H and O–H groups in total. The monoisotopic (exact) mass is 691 g/mol. The summed E-state index contributed by atoms with van der Waals surface area (Å²) < 4.78 is 6.84. The Balaban J connectivity index is 1.20. The first-order valence-electron chi connectivity index (χ1n) is 18.9. The minimum Gasteiger partial charge on any atom is -0.457 e. The summed E-state index contributed by atoms with van der Waals surface area (Å²) in [7, 11) is 0. The second kappa shape index (κ2) is 11.4. The van der Waals surface area contributed by atoms with Crippen molar-refractivity contribution >= 4 is 17.1 Å². The van der Waals surface area contributed by atoms with Gasteiger partial charge in [0.25, 0.3) is 0 Å². The lowest BCUT2D eigenvalue weighted by atomic mass is 9.66. The molecule has 11 rings (SSSR count). The van der Waals surface area contributed by atoms with Crippen LogP contribution in [0, 0.1) is 0 Å². The lowest BCUT2D eigenvalue weighted by Gasteiger charge is -2.40. The van der Waals surface area contributed by atoms with Crippen LogP contribution in [0.4, 0.5) is 17.1 Å². The van der Waals surface area contributed by atoms with Crippen LogP contribution in [0.2, 0.25) is 0 Å². The van der Waals surface area contributed by atoms with Crippen molar-refractivity contribution in [3.8, 4) is 44.9 Å². The molecular formula is C52H37NO. The maximum absolute atomic E-state index is 6.84. The van der Waals surface area contributed by atoms with Crippen molar-refractivity contribution in [3.63, 3.8) is 0 Å². The molecule has 54 heavy (non-hydrogen) atoms. The normalized spacial score (nSPS) is 14.6. The van der Waals surface area contributed by atoms with Gasteiger partial charge in [-0.05, 0) is 92.5 Å². The largest absolute Gasteiger partial charge is 0.457 e. The summed E-state index contributed by atoms with van der Waals surface area (Å²) in [5.41, 5.74) is 17.8. The molecule has 2 nitrogen and oxygen atoms in total. The van der Waals surface area contributed by atoms with E-state index in [0.29, 0.717) is 0 Å². The lowest BCUT2D eigenvalue weighted by molar-refractivity contribution is 0.436. The van der Waals surface area contributed by atoms with Crippen LogP contribution in [0.5, 0.6) is 11.5 Å². The first-order valence-corrected chi connectivity index (χ1v) is 18.9. The van der Waals surface area contributed by atoms with Gasteiger partial charge >= 0.3 is 0 Å². The third-order valence-corrected chi connectivity index (χ3v) is 12.1. The SMILES string of the molecule is CC1(C)c2ccccc2-c2ccc(N(c3ccc4c(c3)C3(c5ccccc5O4)c4ccccc4-c4ccccc43)c3ccccc3-c3ccccc3)cc21. The Morgan fingerprint density at radius 1 is 0.370 bits per heavy atom. The molecule has 8 aromatic rings. The molecule has 0 aromatic heterocycles. The number of para-hydroxylation sites is 2. The third-order valence-electron chi connectivity index (χ3n) is 12.1. The highest BCUT2D eigenvalue weighted by Crippen LogP contribution is 2.63. The maximum Gasteiger partial charge on any atom is 0.132 e. The zero-order valence-corrected chi connectivity index (χ0v) is 30.3. The molecule has 8 aromatic carbocycles. The minimum absolute atomic E-state index is 0.138. The maximum atomic E-state index is 6.84. The molecule has 1 heterocycles. The topological polar surface area (TPSA) is 12.5 Å². The van der Waals surface area contributed by atoms with E-state index in [9.17, 15) is 0 Å². The van der Waals surface area contributed by atoms with Crippen molar-refractivity contribution < 1.29 is 4.74 Å². The van der Waals surface area contributed by atoms with Gasteiger partial charge in [-0.2, -0.15) is 0 Å². The summed E-state index contributed by atoms with van der Waals surface area (Å²) in [6, 6.07) is 68.8. The second-order valence-electron chi connectivity index (χ2n) is 15.2. The molecule has 0 saturated carbocycles. The molecule has 2 heteroatoms. The highest BCUT2D eigenvalue weighted by molar-refractivity contribution is 5.93. The van der Waals surface area contributed by atoms with Crippen molar-refractivity contribution in [2.45, 2.75) is 24.7 Å². The second-order valence-corrected chi connectivity index (χ2v) is 15.2. The van der Waals surface area contributed by atoms with E-state index < -0.39 is 5.41 Å². The van der Waals surface area contributed by atoms with Gasteiger partial charge in [-0.1, -0.05) is 159 Å². The minimum atomic E-state index is -0.556. The van der Waals surface area contributed by atoms with Gasteiger partial charge < -0.3 is 9.64 Å². The van der Waals surface area contributed by atoms with E-state index in [-0.39, 0.29) is 5.41 Å². The molecule has 0 unspecified atom stereocenters. The van der Waals surface area contributed by atoms with Crippen LogP contribution in [-0.2, 0) is 10.8 Å². The molecule has 0 saturated heterocycles. The summed E-state index contributed by atoms with van der Waals surface area (Å²) in [4.78, 5) is 2.46. The predicted octanol–water partition coefficient (Wildman–Crippen LogP) is 13.6. The smallest absolute Gasteiger partial charge is 0.132 e. The van der Waals surface area contributed by atoms with Crippen LogP contribution in [0.25, 0.3) is 33.4 Å². The van der Waals surface area contributed by atoms with Crippen LogP contribution >= 0.6 is 0 Å². The van der Waals surface area contributed by atoms with E-state index in [4.69, 9.17) is 4.74 Å². The summed E-state index contributed by atoms with van der Waals surface area (Å²) in [5, 5.41) is 0. The molecule has 0 atom stereocenters. The summed E-state index contributed by atoms with van der Waals surface area (Å²) in [6.07, 6.45) is 0. The average Bonchev–Trinajstić information content (AvgIpc) is 3.64. The number of hydrogen-bond acceptors (Lipinski definition) is 2. The molecule has 0 fully saturated rings. The van der Waals surface area contributed by atoms with E-state index in [0.717, 1.165) is 34.1 Å². The number of nitrogens with zero attached hydrogens (tertiary/aromatic N) is 1. The fourth-order valence-electron chi connectivity index (χ4n) is 9.77. The van der Waals surface area contributed by atoms with E-state index >= 15 is 0 Å². The molecule has 3 aliphatic rings. The van der Waals surface area contributed by atoms with Gasteiger partial charge in [0.1, 0.15) is 11.5 Å². The van der Waals surface area contributed by atoms with Crippen molar-refractivity contribution in [2.24, 2.45) is 0 Å². The number of anilines is 3. The first-order chi connectivity index (χ1) is 26.5. The lowest BCUT2D eigenvalue weighted by Crippen LogP contribution is -2.32. The van der Waals surface area contributed by atoms with E-state index in [1.54, 1.807) is 0 Å². The number of benzene rings is 8. The fourth-order valence-corrected chi connectivity index (χ4v) is 9.77. The van der Waals surface area contributed by atoms with Gasteiger partial charge in [-0.15, -0.1) is 0 Å². The number of ether oxygens (including phenoxy) is 1. The summed E-state index contributed by atoms with van der Waals surface area (Å²) in [5.74, 6) is 1.78. The van der Waals surface area contributed by atoms with E-state index in [2.05, 4.69) is 207 Å². The average molecular weight is 692 g/mol. The Labute approximate surface area is 316 Å². The standard InChI is InChI=1S/C52H37NO/c1-51(2)42-22-10-6-19-38(42)41-30-28-35(32-46(41)51)53(48-26-14-9-18-37(48)34-16-4-3-5-17-34)36-29-31-50-47(33-36)52(45-25-13-15-27-49(45)54-50)43-23-11-7-20-39(43)40-21-8-12-24-44(40)52/h3-33H,1-2H3. The molecule has 0 bridgehead atoms. The molecule has 2 aliphatic carbocycles. The fraction of sp³-hybridized carbons (Fsp3) is 0.0769. The number of hydrogen-bond donors (Lipinski definition) is 0. The van der Waals surface area contributed by atoms with Gasteiger partial charge in [-0.25, -0.2) is 0 Å². The van der Waals surface area contributed by atoms with E-state index in [1.165, 1.54) is 61.2 Å². The third kappa shape index (κ3) is 4.17. The van der Waals surface area contributed by atoms with Gasteiger partial charge in [0.05, 0.1) is 11.1 Å². The first kappa shape index (κ1) is 30.9. The van der Waals surface area contributed by atoms with Crippen LogP contribution < -0.4 is 9.64 Å². The number of rotatable bonds is 4. The van der Waals surface area contributed by atoms with Crippen molar-refractivity contribution in [1.82, 2.24) is 0 Å². The quantitative estimate of drug-likeness (QED) is 0.182. The molecule has 1 aliphatic heterocycles. The Bertz CT molecular complexity index is 2750. The Hall–Kier alpha value is -6.64. The van der Waals surface area contributed by atoms with Gasteiger partial charge in [0.15, 0.2) is 0 Å². The Morgan fingerprint density at radius 3 is 1.56 bits per heavy atom. The molecule has 0 amide bonds. The zero-order chi connectivity index (χ0) is 36.0. The van der Waals surface area contributed by atoms with Crippen LogP contribution in [-0.4, -0.2) is 0 Å². The number of fused-ring (bicyclic) bond motifs is 12. The Morgan fingerprint density at radius 2 is 0.852 bits per heavy atom. The highest BCUT2D eigenvalue weighted by Gasteiger charge is 2.51. The van der Waals surface area contributed by atoms with Crippen LogP contribution in [0.3, 0.4) is 0 Å². The van der Waals surface area contributed by atoms with Gasteiger partial charge in [-0.3, -0.25) is 0 Å². The molecule has 256 valence electrons. The molecule has 1 spiro atoms. The van der Waals surface area contributed by atoms with Crippen molar-refractivity contribution in [1.29, 1.82) is 0 Å². The van der Waals surface area contributed by atoms with Crippen molar-refractivity contribution in [3.05, 3.63) is 221 Å². The van der Waals surface area contributed by atoms with Gasteiger partial charge in [0, 0.05) is 33.5 Å². The van der Waals surface area contributed by atoms with E-state index in [1.807, 2.05) is 0 Å². The summed E-state index contributed by atoms with van der Waals surface area (Å²) in [6.45, 7) is 4.71. The predicted molar refractivity (Wildman–Crippen MR) is 222 cm³/mol. The van der Waals surface area contributed by atoms with Crippen molar-refractivity contribution in [2.75, 3.05) is 4.90 Å². The zero-order valence-electron chi connectivity index (χ0n) is 30.3. The molecule has 0 radical (unpaired) electrons. The highest BCUT2D eigenvalue weighted by atomic mass is 16.5. The summed E-state index contributed by atoms with van der Waals surface area (Å²) >= 11 is 0. The molecular weight excluding hydrogens is 655 g/mol.